The first kappa shape index (κ1) is 15.9. The van der Waals surface area contributed by atoms with Crippen LogP contribution < -0.4 is 5.32 Å². The van der Waals surface area contributed by atoms with Crippen LogP contribution in [0.15, 0.2) is 66.0 Å². The number of hydrogen-bond acceptors (Lipinski definition) is 5. The zero-order valence-corrected chi connectivity index (χ0v) is 13.5. The Kier molecular flexibility index (Phi) is 4.67. The molecule has 0 bridgehead atoms. The Morgan fingerprint density at radius 2 is 1.83 bits per heavy atom. The van der Waals surface area contributed by atoms with Crippen molar-refractivity contribution in [1.29, 1.82) is 0 Å². The molecule has 0 aliphatic carbocycles. The molecular formula is C18H14N2O3S. The number of benzene rings is 2. The van der Waals surface area contributed by atoms with E-state index >= 15 is 0 Å². The number of carbonyl (C=O) groups excluding carboxylic acids is 1. The number of nitrogens with one attached hydrogen (secondary N) is 1. The molecule has 0 fully saturated rings. The van der Waals surface area contributed by atoms with Gasteiger partial charge in [-0.25, -0.2) is 0 Å². The highest BCUT2D eigenvalue weighted by molar-refractivity contribution is 7.09. The zero-order valence-electron chi connectivity index (χ0n) is 12.6. The van der Waals surface area contributed by atoms with Crippen molar-refractivity contribution in [2.45, 2.75) is 6.54 Å². The Morgan fingerprint density at radius 3 is 2.50 bits per heavy atom. The van der Waals surface area contributed by atoms with Crippen LogP contribution in [0.4, 0.5) is 11.4 Å². The summed E-state index contributed by atoms with van der Waals surface area (Å²) >= 11 is 1.58. The van der Waals surface area contributed by atoms with Gasteiger partial charge >= 0.3 is 0 Å². The summed E-state index contributed by atoms with van der Waals surface area (Å²) in [5.41, 5.74) is 1.10. The zero-order chi connectivity index (χ0) is 16.9. The van der Waals surface area contributed by atoms with E-state index in [4.69, 9.17) is 0 Å². The minimum atomic E-state index is -0.474. The molecule has 1 N–H and O–H groups in total. The first-order chi connectivity index (χ1) is 11.6. The number of hydrogen-bond donors (Lipinski definition) is 1. The molecule has 6 heteroatoms. The van der Waals surface area contributed by atoms with Crippen molar-refractivity contribution < 1.29 is 9.72 Å². The second kappa shape index (κ2) is 7.06. The second-order valence-electron chi connectivity index (χ2n) is 5.12. The first-order valence-corrected chi connectivity index (χ1v) is 8.17. The summed E-state index contributed by atoms with van der Waals surface area (Å²) < 4.78 is 0. The Bertz CT molecular complexity index is 861. The van der Waals surface area contributed by atoms with Crippen molar-refractivity contribution in [3.63, 3.8) is 0 Å². The van der Waals surface area contributed by atoms with Gasteiger partial charge < -0.3 is 5.32 Å². The number of anilines is 1. The van der Waals surface area contributed by atoms with E-state index in [0.29, 0.717) is 23.4 Å². The third kappa shape index (κ3) is 3.49. The molecule has 24 heavy (non-hydrogen) atoms. The lowest BCUT2D eigenvalue weighted by Crippen LogP contribution is -2.05. The lowest BCUT2D eigenvalue weighted by molar-refractivity contribution is -0.384. The molecule has 3 aromatic rings. The highest BCUT2D eigenvalue weighted by Gasteiger charge is 2.18. The molecule has 3 rings (SSSR count). The van der Waals surface area contributed by atoms with Gasteiger partial charge in [0.15, 0.2) is 5.78 Å². The van der Waals surface area contributed by atoms with Crippen molar-refractivity contribution >= 4 is 28.5 Å². The molecule has 0 aliphatic heterocycles. The van der Waals surface area contributed by atoms with E-state index in [2.05, 4.69) is 5.32 Å². The van der Waals surface area contributed by atoms with Gasteiger partial charge in [0, 0.05) is 28.6 Å². The van der Waals surface area contributed by atoms with E-state index < -0.39 is 4.92 Å². The lowest BCUT2D eigenvalue weighted by Gasteiger charge is -2.08. The van der Waals surface area contributed by atoms with E-state index in [9.17, 15) is 14.9 Å². The minimum absolute atomic E-state index is 0.103. The highest BCUT2D eigenvalue weighted by atomic mass is 32.1. The summed E-state index contributed by atoms with van der Waals surface area (Å²) in [7, 11) is 0. The van der Waals surface area contributed by atoms with Crippen LogP contribution in [-0.4, -0.2) is 10.7 Å². The molecule has 0 aliphatic rings. The number of carbonyl (C=O) groups is 1. The van der Waals surface area contributed by atoms with Crippen LogP contribution in [0, 0.1) is 10.1 Å². The van der Waals surface area contributed by atoms with Crippen molar-refractivity contribution in [3.8, 4) is 0 Å². The lowest BCUT2D eigenvalue weighted by atomic mass is 10.0. The number of nitro benzene ring substituents is 1. The molecule has 120 valence electrons. The van der Waals surface area contributed by atoms with Crippen molar-refractivity contribution in [2.75, 3.05) is 5.32 Å². The van der Waals surface area contributed by atoms with Crippen LogP contribution in [0.3, 0.4) is 0 Å². The van der Waals surface area contributed by atoms with Gasteiger partial charge in [0.25, 0.3) is 5.69 Å². The number of rotatable bonds is 6. The third-order valence-corrected chi connectivity index (χ3v) is 4.40. The average Bonchev–Trinajstić information content (AvgIpc) is 3.13. The standard InChI is InChI=1S/C18H14N2O3S/c21-18(13-5-2-1-3-6-13)14-8-9-16(17(11-14)20(22)23)19-12-15-7-4-10-24-15/h1-11,19H,12H2. The summed E-state index contributed by atoms with van der Waals surface area (Å²) in [4.78, 5) is 24.4. The summed E-state index contributed by atoms with van der Waals surface area (Å²) in [5.74, 6) is -0.233. The molecule has 1 aromatic heterocycles. The Hall–Kier alpha value is -2.99. The number of thiophene rings is 1. The molecule has 0 saturated heterocycles. The van der Waals surface area contributed by atoms with Crippen LogP contribution in [0.5, 0.6) is 0 Å². The van der Waals surface area contributed by atoms with Crippen LogP contribution in [0.2, 0.25) is 0 Å². The van der Waals surface area contributed by atoms with Gasteiger partial charge in [-0.3, -0.25) is 14.9 Å². The van der Waals surface area contributed by atoms with Crippen molar-refractivity contribution in [2.24, 2.45) is 0 Å². The van der Waals surface area contributed by atoms with Crippen LogP contribution in [0.1, 0.15) is 20.8 Å². The van der Waals surface area contributed by atoms with Crippen molar-refractivity contribution in [3.05, 3.63) is 92.2 Å². The second-order valence-corrected chi connectivity index (χ2v) is 6.15. The van der Waals surface area contributed by atoms with Crippen LogP contribution in [-0.2, 0) is 6.54 Å². The average molecular weight is 338 g/mol. The Labute approximate surface area is 142 Å². The number of nitrogens with zero attached hydrogens (tertiary/aromatic N) is 1. The smallest absolute Gasteiger partial charge is 0.293 e. The van der Waals surface area contributed by atoms with E-state index in [1.54, 1.807) is 47.7 Å². The third-order valence-electron chi connectivity index (χ3n) is 3.53. The SMILES string of the molecule is O=C(c1ccccc1)c1ccc(NCc2cccs2)c([N+](=O)[O-])c1. The molecule has 5 nitrogen and oxygen atoms in total. The fourth-order valence-electron chi connectivity index (χ4n) is 2.33. The molecule has 0 atom stereocenters. The molecule has 0 amide bonds. The number of ketones is 1. The topological polar surface area (TPSA) is 72.2 Å². The van der Waals surface area contributed by atoms with Crippen molar-refractivity contribution in [1.82, 2.24) is 0 Å². The highest BCUT2D eigenvalue weighted by Crippen LogP contribution is 2.27. The van der Waals surface area contributed by atoms with Gasteiger partial charge in [0.2, 0.25) is 0 Å². The minimum Gasteiger partial charge on any atom is -0.375 e. The molecule has 1 heterocycles. The van der Waals surface area contributed by atoms with E-state index in [1.165, 1.54) is 6.07 Å². The van der Waals surface area contributed by atoms with E-state index in [-0.39, 0.29) is 11.5 Å². The Morgan fingerprint density at radius 1 is 1.04 bits per heavy atom. The summed E-state index contributed by atoms with van der Waals surface area (Å²) in [6, 6.07) is 17.1. The van der Waals surface area contributed by atoms with Gasteiger partial charge in [0.1, 0.15) is 5.69 Å². The molecule has 2 aromatic carbocycles. The van der Waals surface area contributed by atoms with E-state index in [1.807, 2.05) is 23.6 Å². The van der Waals surface area contributed by atoms with E-state index in [0.717, 1.165) is 4.88 Å². The fourth-order valence-corrected chi connectivity index (χ4v) is 2.97. The normalized spacial score (nSPS) is 10.3. The van der Waals surface area contributed by atoms with Gasteiger partial charge in [-0.15, -0.1) is 11.3 Å². The summed E-state index contributed by atoms with van der Waals surface area (Å²) in [6.45, 7) is 0.504. The van der Waals surface area contributed by atoms with Crippen LogP contribution >= 0.6 is 11.3 Å². The number of nitro groups is 1. The van der Waals surface area contributed by atoms with Gasteiger partial charge in [0.05, 0.1) is 4.92 Å². The predicted octanol–water partition coefficient (Wildman–Crippen LogP) is 4.50. The first-order valence-electron chi connectivity index (χ1n) is 7.29. The largest absolute Gasteiger partial charge is 0.375 e. The molecule has 0 saturated carbocycles. The molecular weight excluding hydrogens is 324 g/mol. The maximum Gasteiger partial charge on any atom is 0.293 e. The van der Waals surface area contributed by atoms with Gasteiger partial charge in [-0.1, -0.05) is 36.4 Å². The fraction of sp³-hybridized carbons (Fsp3) is 0.0556. The van der Waals surface area contributed by atoms with Gasteiger partial charge in [-0.2, -0.15) is 0 Å². The molecule has 0 spiro atoms. The van der Waals surface area contributed by atoms with Gasteiger partial charge in [-0.05, 0) is 23.6 Å². The summed E-state index contributed by atoms with van der Waals surface area (Å²) in [6.07, 6.45) is 0. The monoisotopic (exact) mass is 338 g/mol. The quantitative estimate of drug-likeness (QED) is 0.408. The maximum absolute atomic E-state index is 12.4. The van der Waals surface area contributed by atoms with Crippen LogP contribution in [0.25, 0.3) is 0 Å². The maximum atomic E-state index is 12.4. The Balaban J connectivity index is 1.87. The molecule has 0 unspecified atom stereocenters. The molecule has 0 radical (unpaired) electrons. The predicted molar refractivity (Wildman–Crippen MR) is 94.6 cm³/mol. The summed E-state index contributed by atoms with van der Waals surface area (Å²) in [5, 5.41) is 16.4.